The second kappa shape index (κ2) is 12.2. The molecule has 2 aliphatic heterocycles. The largest absolute Gasteiger partial charge is 0.443 e. The van der Waals surface area contributed by atoms with E-state index < -0.39 is 60.2 Å². The van der Waals surface area contributed by atoms with Crippen LogP contribution in [-0.2, 0) is 25.1 Å². The van der Waals surface area contributed by atoms with Crippen LogP contribution >= 0.6 is 11.3 Å². The summed E-state index contributed by atoms with van der Waals surface area (Å²) in [6.45, 7) is 8.33. The number of aliphatic hydroxyl groups excluding tert-OH is 1. The third-order valence-corrected chi connectivity index (χ3v) is 8.30. The number of hydrogen-bond donors (Lipinski definition) is 3. The van der Waals surface area contributed by atoms with E-state index in [1.165, 1.54) is 24.3 Å². The zero-order chi connectivity index (χ0) is 33.0. The number of aliphatic hydroxyl groups is 1. The molecule has 1 unspecified atom stereocenters. The Labute approximate surface area is 265 Å². The van der Waals surface area contributed by atoms with Gasteiger partial charge in [-0.1, -0.05) is 30.3 Å². The molecule has 2 aliphatic rings. The summed E-state index contributed by atoms with van der Waals surface area (Å²) in [5.74, 6) is 0.0714. The minimum absolute atomic E-state index is 0.00505. The van der Waals surface area contributed by atoms with Gasteiger partial charge in [-0.15, -0.1) is 11.3 Å². The smallest absolute Gasteiger partial charge is 0.422 e. The summed E-state index contributed by atoms with van der Waals surface area (Å²) in [5.41, 5.74) is 4.12. The van der Waals surface area contributed by atoms with E-state index in [1.54, 1.807) is 27.7 Å². The van der Waals surface area contributed by atoms with E-state index in [0.29, 0.717) is 9.71 Å². The van der Waals surface area contributed by atoms with Crippen LogP contribution in [0.3, 0.4) is 0 Å². The Balaban J connectivity index is 1.38. The van der Waals surface area contributed by atoms with Gasteiger partial charge in [0.05, 0.1) is 39.1 Å². The van der Waals surface area contributed by atoms with Gasteiger partial charge in [0.2, 0.25) is 0 Å². The number of alkyl halides is 3. The maximum absolute atomic E-state index is 14.4. The Morgan fingerprint density at radius 3 is 2.54 bits per heavy atom. The minimum Gasteiger partial charge on any atom is -0.443 e. The van der Waals surface area contributed by atoms with Crippen LogP contribution in [0.25, 0.3) is 15.9 Å². The highest BCUT2D eigenvalue weighted by molar-refractivity contribution is 7.18. The number of halogens is 3. The van der Waals surface area contributed by atoms with Gasteiger partial charge < -0.3 is 24.1 Å². The van der Waals surface area contributed by atoms with Crippen LogP contribution in [0.5, 0.6) is 0 Å². The molecular weight excluding hydrogens is 629 g/mol. The molecule has 0 aliphatic carbocycles. The number of fused-ring (bicyclic) bond motifs is 2. The molecule has 3 N–H and O–H groups in total. The number of nitrogens with one attached hydrogen (secondary N) is 2. The number of ether oxygens (including phenoxy) is 4. The van der Waals surface area contributed by atoms with Gasteiger partial charge in [0.1, 0.15) is 35.8 Å². The second-order valence-corrected chi connectivity index (χ2v) is 13.3. The van der Waals surface area contributed by atoms with Crippen molar-refractivity contribution < 1.29 is 42.0 Å². The van der Waals surface area contributed by atoms with E-state index in [1.807, 2.05) is 30.3 Å². The lowest BCUT2D eigenvalue weighted by Gasteiger charge is -2.48. The van der Waals surface area contributed by atoms with Crippen LogP contribution < -0.4 is 10.9 Å². The van der Waals surface area contributed by atoms with Crippen LogP contribution in [0.15, 0.2) is 42.5 Å². The molecule has 0 bridgehead atoms. The third kappa shape index (κ3) is 6.59. The van der Waals surface area contributed by atoms with Gasteiger partial charge in [-0.3, -0.25) is 5.43 Å². The van der Waals surface area contributed by atoms with Crippen molar-refractivity contribution in [2.45, 2.75) is 83.1 Å². The van der Waals surface area contributed by atoms with Crippen molar-refractivity contribution in [2.24, 2.45) is 0 Å². The van der Waals surface area contributed by atoms with E-state index in [0.717, 1.165) is 16.3 Å². The zero-order valence-corrected chi connectivity index (χ0v) is 26.3. The molecule has 6 rings (SSSR count). The number of aromatic nitrogens is 4. The molecule has 4 aromatic rings. The Hall–Kier alpha value is -3.67. The van der Waals surface area contributed by atoms with E-state index >= 15 is 0 Å². The molecule has 12 nitrogen and oxygen atoms in total. The van der Waals surface area contributed by atoms with Crippen LogP contribution in [0, 0.1) is 13.8 Å². The van der Waals surface area contributed by atoms with Crippen molar-refractivity contribution in [1.29, 1.82) is 0 Å². The lowest BCUT2D eigenvalue weighted by molar-refractivity contribution is -0.313. The Morgan fingerprint density at radius 2 is 1.85 bits per heavy atom. The highest BCUT2D eigenvalue weighted by Gasteiger charge is 2.52. The predicted molar refractivity (Wildman–Crippen MR) is 159 cm³/mol. The summed E-state index contributed by atoms with van der Waals surface area (Å²) in [6.07, 6.45) is -10.9. The molecule has 2 aromatic carbocycles. The summed E-state index contributed by atoms with van der Waals surface area (Å²) >= 11 is 1.24. The van der Waals surface area contributed by atoms with Crippen molar-refractivity contribution in [3.63, 3.8) is 0 Å². The quantitative estimate of drug-likeness (QED) is 0.255. The average Bonchev–Trinajstić information content (AvgIpc) is 3.55. The fourth-order valence-electron chi connectivity index (χ4n) is 5.52. The van der Waals surface area contributed by atoms with Gasteiger partial charge in [-0.2, -0.15) is 18.3 Å². The summed E-state index contributed by atoms with van der Waals surface area (Å²) < 4.78 is 68.6. The van der Waals surface area contributed by atoms with Gasteiger partial charge in [0.15, 0.2) is 12.1 Å². The van der Waals surface area contributed by atoms with Gasteiger partial charge in [0, 0.05) is 5.56 Å². The molecule has 1 amide bonds. The van der Waals surface area contributed by atoms with Crippen LogP contribution in [-0.4, -0.2) is 67.5 Å². The maximum atomic E-state index is 14.4. The van der Waals surface area contributed by atoms with Crippen LogP contribution in [0.1, 0.15) is 60.9 Å². The average molecular weight is 663 g/mol. The molecule has 16 heteroatoms. The number of benzene rings is 2. The number of rotatable bonds is 5. The van der Waals surface area contributed by atoms with Crippen molar-refractivity contribution in [2.75, 3.05) is 6.61 Å². The molecule has 2 saturated heterocycles. The molecule has 0 spiro atoms. The minimum atomic E-state index is -4.76. The van der Waals surface area contributed by atoms with Crippen molar-refractivity contribution >= 4 is 27.6 Å². The maximum Gasteiger partial charge on any atom is 0.422 e. The predicted octanol–water partition coefficient (Wildman–Crippen LogP) is 4.83. The topological polar surface area (TPSA) is 142 Å². The fourth-order valence-corrected chi connectivity index (χ4v) is 6.36. The number of thiazole rings is 1. The summed E-state index contributed by atoms with van der Waals surface area (Å²) in [7, 11) is 0. The van der Waals surface area contributed by atoms with Gasteiger partial charge in [-0.05, 0) is 46.8 Å². The first-order valence-electron chi connectivity index (χ1n) is 14.5. The molecule has 2 aromatic heterocycles. The van der Waals surface area contributed by atoms with Gasteiger partial charge in [-0.25, -0.2) is 24.9 Å². The third-order valence-electron chi connectivity index (χ3n) is 7.36. The fraction of sp³-hybridized carbons (Fsp3) is 0.467. The number of nitrogens with zero attached hydrogens (tertiary/aromatic N) is 4. The number of amides is 1. The van der Waals surface area contributed by atoms with E-state index in [4.69, 9.17) is 18.9 Å². The lowest BCUT2D eigenvalue weighted by Crippen LogP contribution is -2.66. The number of carbonyl (C=O) groups is 1. The van der Waals surface area contributed by atoms with Crippen molar-refractivity contribution in [3.8, 4) is 5.69 Å². The highest BCUT2D eigenvalue weighted by Crippen LogP contribution is 2.42. The van der Waals surface area contributed by atoms with Gasteiger partial charge in [0.25, 0.3) is 0 Å². The number of hydrazine groups is 1. The summed E-state index contributed by atoms with van der Waals surface area (Å²) in [6, 6.07) is 10.4. The molecule has 46 heavy (non-hydrogen) atoms. The molecule has 6 atom stereocenters. The molecular formula is C30H33F3N6O6S. The Morgan fingerprint density at radius 1 is 1.11 bits per heavy atom. The van der Waals surface area contributed by atoms with E-state index in [-0.39, 0.29) is 29.5 Å². The Bertz CT molecular complexity index is 1730. The Kier molecular flexibility index (Phi) is 8.54. The number of hydrogen-bond acceptors (Lipinski definition) is 11. The van der Waals surface area contributed by atoms with E-state index in [9.17, 15) is 23.1 Å². The lowest BCUT2D eigenvalue weighted by atomic mass is 9.91. The van der Waals surface area contributed by atoms with E-state index in [2.05, 4.69) is 25.9 Å². The molecule has 4 heterocycles. The monoisotopic (exact) mass is 662 g/mol. The standard InChI is InChI=1S/C30H33F3N6O6S/c1-14-34-26(39(38-14)19-12-21-18(35-15(2)46-21)11-17(19)30(31,32)33)25-23(40)22(36-37-28(41)45-29(3,4)5)24-20(43-25)13-42-27(44-24)16-9-7-6-8-10-16/h6-12,20,22-25,27,36,40H,13H2,1-5H3,(H,37,41)/t20-,22-,23-,24+,25-,27?/m1/s1. The van der Waals surface area contributed by atoms with Crippen LogP contribution in [0.2, 0.25) is 0 Å². The normalized spacial score (nSPS) is 25.3. The summed E-state index contributed by atoms with van der Waals surface area (Å²) in [4.78, 5) is 21.2. The van der Waals surface area contributed by atoms with Crippen LogP contribution in [0.4, 0.5) is 18.0 Å². The molecule has 246 valence electrons. The van der Waals surface area contributed by atoms with Gasteiger partial charge >= 0.3 is 12.3 Å². The van der Waals surface area contributed by atoms with Crippen molar-refractivity contribution in [1.82, 2.24) is 30.6 Å². The molecule has 0 saturated carbocycles. The van der Waals surface area contributed by atoms with Crippen molar-refractivity contribution in [3.05, 3.63) is 70.2 Å². The summed E-state index contributed by atoms with van der Waals surface area (Å²) in [5, 5.41) is 16.7. The molecule has 2 fully saturated rings. The second-order valence-electron chi connectivity index (χ2n) is 12.1. The first kappa shape index (κ1) is 32.3. The molecule has 0 radical (unpaired) electrons. The highest BCUT2D eigenvalue weighted by atomic mass is 32.1. The number of aryl methyl sites for hydroxylation is 2. The SMILES string of the molecule is Cc1nc([C@@H]2O[C@@H]3COC(c4ccccc4)O[C@@H]3[C@H](NNC(=O)OC(C)(C)C)[C@H]2O)n(-c2cc3sc(C)nc3cc2C(F)(F)F)n1. The first-order chi connectivity index (χ1) is 21.7. The first-order valence-corrected chi connectivity index (χ1v) is 15.3. The zero-order valence-electron chi connectivity index (χ0n) is 25.5. The number of carbonyl (C=O) groups excluding carboxylic acids is 1.